The molecule has 1 aromatic carbocycles. The summed E-state index contributed by atoms with van der Waals surface area (Å²) in [6.45, 7) is 2.08. The van der Waals surface area contributed by atoms with Crippen LogP contribution in [0.2, 0.25) is 0 Å². The number of nitrogens with two attached hydrogens (primary N) is 1. The molecule has 1 rings (SSSR count). The van der Waals surface area contributed by atoms with Gasteiger partial charge in [-0.05, 0) is 24.6 Å². The number of halogens is 1. The van der Waals surface area contributed by atoms with E-state index in [1.807, 2.05) is 6.92 Å². The first-order valence-corrected chi connectivity index (χ1v) is 7.81. The van der Waals surface area contributed by atoms with Crippen molar-refractivity contribution in [2.24, 2.45) is 5.73 Å². The molecule has 0 heterocycles. The lowest BCUT2D eigenvalue weighted by Gasteiger charge is -2.16. The Morgan fingerprint density at radius 3 is 2.70 bits per heavy atom. The Kier molecular flexibility index (Phi) is 6.00. The summed E-state index contributed by atoms with van der Waals surface area (Å²) in [6.07, 6.45) is 0.566. The highest BCUT2D eigenvalue weighted by Crippen LogP contribution is 2.16. The lowest BCUT2D eigenvalue weighted by molar-refractivity contribution is 0.173. The van der Waals surface area contributed by atoms with Crippen molar-refractivity contribution >= 4 is 27.2 Å². The van der Waals surface area contributed by atoms with Crippen molar-refractivity contribution in [1.82, 2.24) is 4.72 Å². The molecular weight excluding hydrogens is 303 g/mol. The molecule has 0 fully saturated rings. The standard InChI is InChI=1S/C12H17FN2O3S2/c1-3-8(7-18-2)15-20(16,17)9-4-5-11(13)10(6-9)12(14)19/h4-6,8,15H,3,7H2,1-2H3,(H2,14,19). The molecule has 20 heavy (non-hydrogen) atoms. The minimum atomic E-state index is -3.78. The van der Waals surface area contributed by atoms with Gasteiger partial charge in [-0.15, -0.1) is 0 Å². The van der Waals surface area contributed by atoms with Crippen molar-refractivity contribution in [2.75, 3.05) is 13.7 Å². The number of benzene rings is 1. The maximum atomic E-state index is 13.5. The van der Waals surface area contributed by atoms with Crippen LogP contribution < -0.4 is 10.5 Å². The van der Waals surface area contributed by atoms with E-state index >= 15 is 0 Å². The van der Waals surface area contributed by atoms with E-state index in [-0.39, 0.29) is 28.1 Å². The molecule has 8 heteroatoms. The lowest BCUT2D eigenvalue weighted by Crippen LogP contribution is -2.37. The second-order valence-corrected chi connectivity index (χ2v) is 6.34. The second-order valence-electron chi connectivity index (χ2n) is 4.19. The molecule has 1 aromatic rings. The molecule has 5 nitrogen and oxygen atoms in total. The van der Waals surface area contributed by atoms with E-state index in [2.05, 4.69) is 16.9 Å². The van der Waals surface area contributed by atoms with Crippen molar-refractivity contribution in [1.29, 1.82) is 0 Å². The number of rotatable bonds is 7. The van der Waals surface area contributed by atoms with Crippen LogP contribution in [0.5, 0.6) is 0 Å². The molecule has 0 bridgehead atoms. The van der Waals surface area contributed by atoms with Gasteiger partial charge in [-0.2, -0.15) is 0 Å². The number of hydrogen-bond acceptors (Lipinski definition) is 4. The number of thiocarbonyl (C=S) groups is 1. The van der Waals surface area contributed by atoms with Crippen molar-refractivity contribution in [3.63, 3.8) is 0 Å². The predicted molar refractivity (Wildman–Crippen MR) is 78.6 cm³/mol. The molecule has 0 radical (unpaired) electrons. The van der Waals surface area contributed by atoms with E-state index in [1.54, 1.807) is 0 Å². The van der Waals surface area contributed by atoms with Crippen molar-refractivity contribution in [2.45, 2.75) is 24.3 Å². The van der Waals surface area contributed by atoms with Crippen LogP contribution in [0.15, 0.2) is 23.1 Å². The van der Waals surface area contributed by atoms with Gasteiger partial charge in [0.1, 0.15) is 10.8 Å². The fourth-order valence-electron chi connectivity index (χ4n) is 1.58. The molecular formula is C12H17FN2O3S2. The molecule has 0 aliphatic rings. The van der Waals surface area contributed by atoms with Crippen LogP contribution in [-0.2, 0) is 14.8 Å². The smallest absolute Gasteiger partial charge is 0.240 e. The van der Waals surface area contributed by atoms with Crippen LogP contribution in [0.3, 0.4) is 0 Å². The Hall–Kier alpha value is -1.09. The Bertz CT molecular complexity index is 590. The molecule has 0 saturated heterocycles. The average molecular weight is 320 g/mol. The maximum Gasteiger partial charge on any atom is 0.240 e. The second kappa shape index (κ2) is 7.07. The molecule has 0 saturated carbocycles. The van der Waals surface area contributed by atoms with Crippen LogP contribution >= 0.6 is 12.2 Å². The fraction of sp³-hybridized carbons (Fsp3) is 0.417. The summed E-state index contributed by atoms with van der Waals surface area (Å²) in [4.78, 5) is -0.278. The highest BCUT2D eigenvalue weighted by Gasteiger charge is 2.20. The fourth-order valence-corrected chi connectivity index (χ4v) is 3.07. The summed E-state index contributed by atoms with van der Waals surface area (Å²) < 4.78 is 45.3. The average Bonchev–Trinajstić information content (AvgIpc) is 2.37. The van der Waals surface area contributed by atoms with Crippen LogP contribution in [0, 0.1) is 5.82 Å². The van der Waals surface area contributed by atoms with Gasteiger partial charge in [0.15, 0.2) is 0 Å². The van der Waals surface area contributed by atoms with Gasteiger partial charge in [-0.1, -0.05) is 19.1 Å². The summed E-state index contributed by atoms with van der Waals surface area (Å²) in [5.41, 5.74) is 5.26. The molecule has 3 N–H and O–H groups in total. The van der Waals surface area contributed by atoms with Gasteiger partial charge in [-0.3, -0.25) is 0 Å². The third-order valence-electron chi connectivity index (χ3n) is 2.70. The van der Waals surface area contributed by atoms with Crippen LogP contribution in [0.25, 0.3) is 0 Å². The first-order valence-electron chi connectivity index (χ1n) is 5.92. The highest BCUT2D eigenvalue weighted by atomic mass is 32.2. The summed E-state index contributed by atoms with van der Waals surface area (Å²) in [7, 11) is -2.29. The molecule has 1 atom stereocenters. The minimum Gasteiger partial charge on any atom is -0.389 e. The van der Waals surface area contributed by atoms with Crippen molar-refractivity contribution < 1.29 is 17.5 Å². The quantitative estimate of drug-likeness (QED) is 0.737. The van der Waals surface area contributed by atoms with E-state index in [4.69, 9.17) is 10.5 Å². The van der Waals surface area contributed by atoms with Gasteiger partial charge in [0.2, 0.25) is 10.0 Å². The van der Waals surface area contributed by atoms with E-state index < -0.39 is 15.8 Å². The maximum absolute atomic E-state index is 13.5. The zero-order valence-electron chi connectivity index (χ0n) is 11.2. The molecule has 0 aliphatic heterocycles. The van der Waals surface area contributed by atoms with Gasteiger partial charge >= 0.3 is 0 Å². The molecule has 1 unspecified atom stereocenters. The summed E-state index contributed by atoms with van der Waals surface area (Å²) in [5, 5.41) is 0. The van der Waals surface area contributed by atoms with Crippen LogP contribution in [0.4, 0.5) is 4.39 Å². The SMILES string of the molecule is CCC(COC)NS(=O)(=O)c1ccc(F)c(C(N)=S)c1. The highest BCUT2D eigenvalue weighted by molar-refractivity contribution is 7.89. The van der Waals surface area contributed by atoms with Gasteiger partial charge in [0.25, 0.3) is 0 Å². The first kappa shape index (κ1) is 17.0. The van der Waals surface area contributed by atoms with Crippen molar-refractivity contribution in [3.8, 4) is 0 Å². The zero-order chi connectivity index (χ0) is 15.3. The number of nitrogens with one attached hydrogen (secondary N) is 1. The predicted octanol–water partition coefficient (Wildman–Crippen LogP) is 1.16. The first-order chi connectivity index (χ1) is 9.31. The molecule has 0 aromatic heterocycles. The zero-order valence-corrected chi connectivity index (χ0v) is 12.9. The monoisotopic (exact) mass is 320 g/mol. The van der Waals surface area contributed by atoms with Gasteiger partial charge in [-0.25, -0.2) is 17.5 Å². The van der Waals surface area contributed by atoms with Crippen LogP contribution in [0.1, 0.15) is 18.9 Å². The third kappa shape index (κ3) is 4.20. The van der Waals surface area contributed by atoms with E-state index in [1.165, 1.54) is 13.2 Å². The normalized spacial score (nSPS) is 13.2. The minimum absolute atomic E-state index is 0.0868. The van der Waals surface area contributed by atoms with Gasteiger partial charge in [0, 0.05) is 18.7 Å². The summed E-state index contributed by atoms with van der Waals surface area (Å²) in [5.74, 6) is -0.652. The molecule has 0 spiro atoms. The van der Waals surface area contributed by atoms with Gasteiger partial charge < -0.3 is 10.5 Å². The number of hydrogen-bond donors (Lipinski definition) is 2. The lowest BCUT2D eigenvalue weighted by atomic mass is 10.2. The molecule has 0 amide bonds. The number of sulfonamides is 1. The largest absolute Gasteiger partial charge is 0.389 e. The number of ether oxygens (including phenoxy) is 1. The summed E-state index contributed by atoms with van der Waals surface area (Å²) in [6, 6.07) is 2.96. The van der Waals surface area contributed by atoms with Crippen molar-refractivity contribution in [3.05, 3.63) is 29.6 Å². The Morgan fingerprint density at radius 1 is 1.55 bits per heavy atom. The van der Waals surface area contributed by atoms with E-state index in [9.17, 15) is 12.8 Å². The van der Waals surface area contributed by atoms with E-state index in [0.717, 1.165) is 12.1 Å². The number of methoxy groups -OCH3 is 1. The Labute approximate surface area is 123 Å². The van der Waals surface area contributed by atoms with Crippen LogP contribution in [-0.4, -0.2) is 33.2 Å². The topological polar surface area (TPSA) is 81.4 Å². The molecule has 0 aliphatic carbocycles. The molecule has 112 valence electrons. The van der Waals surface area contributed by atoms with E-state index in [0.29, 0.717) is 6.42 Å². The Balaban J connectivity index is 3.09. The van der Waals surface area contributed by atoms with Gasteiger partial charge in [0.05, 0.1) is 11.5 Å². The summed E-state index contributed by atoms with van der Waals surface area (Å²) >= 11 is 4.69. The Morgan fingerprint density at radius 2 is 2.20 bits per heavy atom. The third-order valence-corrected chi connectivity index (χ3v) is 4.43.